The van der Waals surface area contributed by atoms with Gasteiger partial charge in [0.1, 0.15) is 5.76 Å². The lowest BCUT2D eigenvalue weighted by Crippen LogP contribution is -2.27. The highest BCUT2D eigenvalue weighted by Gasteiger charge is 2.31. The Labute approximate surface area is 164 Å². The number of likely N-dealkylation sites (tertiary alicyclic amines) is 1. The molecule has 1 aliphatic carbocycles. The molecule has 2 aliphatic rings. The van der Waals surface area contributed by atoms with Gasteiger partial charge in [0.05, 0.1) is 5.71 Å². The van der Waals surface area contributed by atoms with Crippen LogP contribution in [0.1, 0.15) is 69.0 Å². The SMILES string of the molecule is Cc1cccc(C(=O)N/N=C2\CCCc3oc(C(=O)N4CCCC4)c(C)c32)c1. The van der Waals surface area contributed by atoms with Crippen LogP contribution in [0.15, 0.2) is 33.8 Å². The molecule has 0 atom stereocenters. The second kappa shape index (κ2) is 7.62. The summed E-state index contributed by atoms with van der Waals surface area (Å²) in [4.78, 5) is 27.1. The largest absolute Gasteiger partial charge is 0.455 e. The number of carbonyl (C=O) groups is 2. The van der Waals surface area contributed by atoms with Crippen LogP contribution >= 0.6 is 0 Å². The number of carbonyl (C=O) groups excluding carboxylic acids is 2. The third-order valence-corrected chi connectivity index (χ3v) is 5.49. The first-order chi connectivity index (χ1) is 13.5. The Hall–Kier alpha value is -2.89. The van der Waals surface area contributed by atoms with Crippen molar-refractivity contribution in [3.05, 3.63) is 58.0 Å². The van der Waals surface area contributed by atoms with Gasteiger partial charge in [-0.1, -0.05) is 17.7 Å². The Kier molecular flexibility index (Phi) is 5.03. The average Bonchev–Trinajstić information content (AvgIpc) is 3.34. The van der Waals surface area contributed by atoms with E-state index in [1.165, 1.54) is 0 Å². The van der Waals surface area contributed by atoms with Gasteiger partial charge in [-0.15, -0.1) is 0 Å². The Morgan fingerprint density at radius 3 is 2.64 bits per heavy atom. The summed E-state index contributed by atoms with van der Waals surface area (Å²) < 4.78 is 5.96. The molecule has 1 fully saturated rings. The highest BCUT2D eigenvalue weighted by molar-refractivity contribution is 6.07. The Morgan fingerprint density at radius 1 is 1.11 bits per heavy atom. The van der Waals surface area contributed by atoms with Gasteiger partial charge < -0.3 is 9.32 Å². The van der Waals surface area contributed by atoms with Gasteiger partial charge in [0.25, 0.3) is 11.8 Å². The molecule has 1 saturated heterocycles. The number of hydrogen-bond donors (Lipinski definition) is 1. The van der Waals surface area contributed by atoms with Crippen molar-refractivity contribution in [2.24, 2.45) is 5.10 Å². The molecule has 0 unspecified atom stereocenters. The van der Waals surface area contributed by atoms with E-state index >= 15 is 0 Å². The molecule has 6 nitrogen and oxygen atoms in total. The summed E-state index contributed by atoms with van der Waals surface area (Å²) in [5, 5.41) is 4.39. The number of hydrogen-bond acceptors (Lipinski definition) is 4. The van der Waals surface area contributed by atoms with Crippen LogP contribution < -0.4 is 5.43 Å². The molecule has 1 aromatic heterocycles. The standard InChI is InChI=1S/C22H25N3O3/c1-14-7-5-8-16(13-14)21(26)24-23-17-9-6-10-18-19(17)15(2)20(28-18)22(27)25-11-3-4-12-25/h5,7-8,13H,3-4,6,9-12H2,1-2H3,(H,24,26)/b23-17+. The van der Waals surface area contributed by atoms with E-state index in [4.69, 9.17) is 4.42 Å². The fourth-order valence-electron chi connectivity index (χ4n) is 4.02. The van der Waals surface area contributed by atoms with Crippen LogP contribution in [-0.4, -0.2) is 35.5 Å². The van der Waals surface area contributed by atoms with Crippen molar-refractivity contribution in [2.75, 3.05) is 13.1 Å². The molecular formula is C22H25N3O3. The number of furan rings is 1. The van der Waals surface area contributed by atoms with Crippen LogP contribution in [0.3, 0.4) is 0 Å². The van der Waals surface area contributed by atoms with Crippen LogP contribution in [-0.2, 0) is 6.42 Å². The highest BCUT2D eigenvalue weighted by atomic mass is 16.4. The van der Waals surface area contributed by atoms with Gasteiger partial charge in [-0.2, -0.15) is 5.10 Å². The van der Waals surface area contributed by atoms with Gasteiger partial charge in [0, 0.05) is 36.2 Å². The van der Waals surface area contributed by atoms with Crippen molar-refractivity contribution in [1.29, 1.82) is 0 Å². The third kappa shape index (κ3) is 3.46. The van der Waals surface area contributed by atoms with Crippen molar-refractivity contribution >= 4 is 17.5 Å². The summed E-state index contributed by atoms with van der Waals surface area (Å²) >= 11 is 0. The summed E-state index contributed by atoms with van der Waals surface area (Å²) in [6.07, 6.45) is 4.51. The molecule has 2 heterocycles. The van der Waals surface area contributed by atoms with E-state index in [1.54, 1.807) is 6.07 Å². The van der Waals surface area contributed by atoms with Gasteiger partial charge in [0.2, 0.25) is 0 Å². The normalized spacial score (nSPS) is 17.6. The molecular weight excluding hydrogens is 354 g/mol. The Bertz CT molecular complexity index is 952. The number of nitrogens with one attached hydrogen (secondary N) is 1. The monoisotopic (exact) mass is 379 g/mol. The predicted molar refractivity (Wildman–Crippen MR) is 107 cm³/mol. The number of rotatable bonds is 3. The summed E-state index contributed by atoms with van der Waals surface area (Å²) in [5.74, 6) is 0.951. The summed E-state index contributed by atoms with van der Waals surface area (Å²) in [6, 6.07) is 7.40. The molecule has 1 N–H and O–H groups in total. The molecule has 28 heavy (non-hydrogen) atoms. The maximum absolute atomic E-state index is 12.8. The zero-order valence-corrected chi connectivity index (χ0v) is 16.4. The fraction of sp³-hybridized carbons (Fsp3) is 0.409. The minimum atomic E-state index is -0.238. The van der Waals surface area contributed by atoms with Crippen LogP contribution in [0.4, 0.5) is 0 Å². The third-order valence-electron chi connectivity index (χ3n) is 5.49. The van der Waals surface area contributed by atoms with Crippen molar-refractivity contribution in [3.8, 4) is 0 Å². The van der Waals surface area contributed by atoms with Gasteiger partial charge in [-0.05, 0) is 51.7 Å². The molecule has 1 aromatic carbocycles. The molecule has 2 amide bonds. The van der Waals surface area contributed by atoms with Crippen LogP contribution in [0.5, 0.6) is 0 Å². The molecule has 4 rings (SSSR count). The molecule has 0 saturated carbocycles. The molecule has 1 aliphatic heterocycles. The quantitative estimate of drug-likeness (QED) is 0.828. The lowest BCUT2D eigenvalue weighted by Gasteiger charge is -2.14. The fourth-order valence-corrected chi connectivity index (χ4v) is 4.02. The van der Waals surface area contributed by atoms with E-state index in [0.717, 1.165) is 73.4 Å². The van der Waals surface area contributed by atoms with Crippen molar-refractivity contribution < 1.29 is 14.0 Å². The van der Waals surface area contributed by atoms with Gasteiger partial charge >= 0.3 is 0 Å². The number of nitrogens with zero attached hydrogens (tertiary/aromatic N) is 2. The van der Waals surface area contributed by atoms with Crippen LogP contribution in [0.25, 0.3) is 0 Å². The lowest BCUT2D eigenvalue weighted by molar-refractivity contribution is 0.0758. The van der Waals surface area contributed by atoms with E-state index in [0.29, 0.717) is 11.3 Å². The van der Waals surface area contributed by atoms with E-state index in [9.17, 15) is 9.59 Å². The molecule has 0 spiro atoms. The molecule has 6 heteroatoms. The number of hydrazone groups is 1. The van der Waals surface area contributed by atoms with Crippen molar-refractivity contribution in [3.63, 3.8) is 0 Å². The maximum Gasteiger partial charge on any atom is 0.289 e. The minimum absolute atomic E-state index is 0.0347. The van der Waals surface area contributed by atoms with Crippen molar-refractivity contribution in [2.45, 2.75) is 46.0 Å². The van der Waals surface area contributed by atoms with Gasteiger partial charge in [-0.25, -0.2) is 5.43 Å². The first-order valence-electron chi connectivity index (χ1n) is 9.90. The minimum Gasteiger partial charge on any atom is -0.455 e. The number of benzene rings is 1. The van der Waals surface area contributed by atoms with E-state index < -0.39 is 0 Å². The summed E-state index contributed by atoms with van der Waals surface area (Å²) in [7, 11) is 0. The topological polar surface area (TPSA) is 74.9 Å². The Morgan fingerprint density at radius 2 is 1.89 bits per heavy atom. The second-order valence-electron chi connectivity index (χ2n) is 7.58. The maximum atomic E-state index is 12.8. The first-order valence-corrected chi connectivity index (χ1v) is 9.90. The van der Waals surface area contributed by atoms with Gasteiger partial charge in [0.15, 0.2) is 5.76 Å². The number of amides is 2. The molecule has 2 aromatic rings. The lowest BCUT2D eigenvalue weighted by atomic mass is 9.93. The highest BCUT2D eigenvalue weighted by Crippen LogP contribution is 2.31. The van der Waals surface area contributed by atoms with E-state index in [-0.39, 0.29) is 11.8 Å². The molecule has 0 radical (unpaired) electrons. The molecule has 146 valence electrons. The molecule has 0 bridgehead atoms. The smallest absolute Gasteiger partial charge is 0.289 e. The summed E-state index contributed by atoms with van der Waals surface area (Å²) in [6.45, 7) is 5.44. The number of aryl methyl sites for hydroxylation is 2. The van der Waals surface area contributed by atoms with Crippen LogP contribution in [0, 0.1) is 13.8 Å². The van der Waals surface area contributed by atoms with E-state index in [2.05, 4.69) is 10.5 Å². The second-order valence-corrected chi connectivity index (χ2v) is 7.58. The Balaban J connectivity index is 1.59. The average molecular weight is 379 g/mol. The zero-order valence-electron chi connectivity index (χ0n) is 16.4. The number of fused-ring (bicyclic) bond motifs is 1. The van der Waals surface area contributed by atoms with Crippen LogP contribution in [0.2, 0.25) is 0 Å². The first kappa shape index (κ1) is 18.5. The van der Waals surface area contributed by atoms with E-state index in [1.807, 2.05) is 36.9 Å². The predicted octanol–water partition coefficient (Wildman–Crippen LogP) is 3.60. The summed E-state index contributed by atoms with van der Waals surface area (Å²) in [5.41, 5.74) is 6.77. The zero-order chi connectivity index (χ0) is 19.7. The van der Waals surface area contributed by atoms with Gasteiger partial charge in [-0.3, -0.25) is 9.59 Å². The van der Waals surface area contributed by atoms with Crippen molar-refractivity contribution in [1.82, 2.24) is 10.3 Å².